The van der Waals surface area contributed by atoms with E-state index in [0.29, 0.717) is 27.9 Å². The normalized spacial score (nSPS) is 11.4. The number of thioether (sulfide) groups is 1. The molecule has 0 saturated carbocycles. The fourth-order valence-corrected chi connectivity index (χ4v) is 2.97. The first-order valence-corrected chi connectivity index (χ1v) is 9.55. The summed E-state index contributed by atoms with van der Waals surface area (Å²) in [4.78, 5) is 24.3. The van der Waals surface area contributed by atoms with E-state index in [4.69, 9.17) is 21.1 Å². The SMILES string of the molecule is COc1ccc(NC(=O)CSC(C)C(=O)Nc2ccc(Cl)cc2)cc1OC. The van der Waals surface area contributed by atoms with E-state index in [1.54, 1.807) is 56.5 Å². The van der Waals surface area contributed by atoms with E-state index in [9.17, 15) is 9.59 Å². The minimum atomic E-state index is -0.392. The average Bonchev–Trinajstić information content (AvgIpc) is 2.67. The first-order valence-electron chi connectivity index (χ1n) is 8.13. The van der Waals surface area contributed by atoms with Gasteiger partial charge in [-0.05, 0) is 43.3 Å². The smallest absolute Gasteiger partial charge is 0.237 e. The number of carbonyl (C=O) groups excluding carboxylic acids is 2. The maximum atomic E-state index is 12.2. The molecule has 0 spiro atoms. The Kier molecular flexibility index (Phi) is 7.82. The molecule has 144 valence electrons. The van der Waals surface area contributed by atoms with Crippen LogP contribution in [0.5, 0.6) is 11.5 Å². The van der Waals surface area contributed by atoms with E-state index in [1.807, 2.05) is 0 Å². The topological polar surface area (TPSA) is 76.7 Å². The number of nitrogens with one attached hydrogen (secondary N) is 2. The second-order valence-corrected chi connectivity index (χ2v) is 7.33. The molecule has 0 aromatic heterocycles. The lowest BCUT2D eigenvalue weighted by molar-refractivity contribution is -0.115. The fourth-order valence-electron chi connectivity index (χ4n) is 2.16. The number of hydrogen-bond donors (Lipinski definition) is 2. The summed E-state index contributed by atoms with van der Waals surface area (Å²) in [5.41, 5.74) is 1.25. The Morgan fingerprint density at radius 3 is 2.26 bits per heavy atom. The molecular formula is C19H21ClN2O4S. The van der Waals surface area contributed by atoms with Crippen LogP contribution in [0.15, 0.2) is 42.5 Å². The molecule has 0 fully saturated rings. The lowest BCUT2D eigenvalue weighted by Crippen LogP contribution is -2.25. The monoisotopic (exact) mass is 408 g/mol. The van der Waals surface area contributed by atoms with Gasteiger partial charge in [-0.25, -0.2) is 0 Å². The number of benzene rings is 2. The Bertz CT molecular complexity index is 799. The maximum Gasteiger partial charge on any atom is 0.237 e. The number of ether oxygens (including phenoxy) is 2. The third-order valence-corrected chi connectivity index (χ3v) is 5.01. The third-order valence-electron chi connectivity index (χ3n) is 3.61. The van der Waals surface area contributed by atoms with Crippen molar-refractivity contribution >= 4 is 46.6 Å². The molecule has 0 aliphatic rings. The molecule has 6 nitrogen and oxygen atoms in total. The van der Waals surface area contributed by atoms with Crippen LogP contribution in [0.4, 0.5) is 11.4 Å². The number of amides is 2. The summed E-state index contributed by atoms with van der Waals surface area (Å²) in [7, 11) is 3.07. The van der Waals surface area contributed by atoms with Gasteiger partial charge in [0.15, 0.2) is 11.5 Å². The maximum absolute atomic E-state index is 12.2. The van der Waals surface area contributed by atoms with E-state index >= 15 is 0 Å². The van der Waals surface area contributed by atoms with Gasteiger partial charge in [0, 0.05) is 22.5 Å². The molecule has 0 radical (unpaired) electrons. The zero-order chi connectivity index (χ0) is 19.8. The zero-order valence-corrected chi connectivity index (χ0v) is 16.8. The highest BCUT2D eigenvalue weighted by Gasteiger charge is 2.16. The van der Waals surface area contributed by atoms with Crippen LogP contribution in [-0.4, -0.2) is 37.0 Å². The van der Waals surface area contributed by atoms with E-state index in [0.717, 1.165) is 0 Å². The number of methoxy groups -OCH3 is 2. The van der Waals surface area contributed by atoms with Gasteiger partial charge in [-0.1, -0.05) is 11.6 Å². The third kappa shape index (κ3) is 6.37. The Morgan fingerprint density at radius 1 is 1.00 bits per heavy atom. The molecule has 2 amide bonds. The van der Waals surface area contributed by atoms with Crippen molar-refractivity contribution in [3.05, 3.63) is 47.5 Å². The molecular weight excluding hydrogens is 388 g/mol. The predicted molar refractivity (Wildman–Crippen MR) is 110 cm³/mol. The van der Waals surface area contributed by atoms with Crippen LogP contribution in [0.3, 0.4) is 0 Å². The van der Waals surface area contributed by atoms with Gasteiger partial charge < -0.3 is 20.1 Å². The van der Waals surface area contributed by atoms with Gasteiger partial charge in [0.05, 0.1) is 25.2 Å². The lowest BCUT2D eigenvalue weighted by Gasteiger charge is -2.13. The molecule has 0 aliphatic heterocycles. The van der Waals surface area contributed by atoms with E-state index in [2.05, 4.69) is 10.6 Å². The van der Waals surface area contributed by atoms with Crippen molar-refractivity contribution in [2.45, 2.75) is 12.2 Å². The molecule has 0 saturated heterocycles. The summed E-state index contributed by atoms with van der Waals surface area (Å²) in [6, 6.07) is 12.0. The molecule has 27 heavy (non-hydrogen) atoms. The van der Waals surface area contributed by atoms with Crippen molar-refractivity contribution in [1.82, 2.24) is 0 Å². The van der Waals surface area contributed by atoms with Crippen molar-refractivity contribution in [2.75, 3.05) is 30.6 Å². The standard InChI is InChI=1S/C19H21ClN2O4S/c1-12(19(24)22-14-6-4-13(20)5-7-14)27-11-18(23)21-15-8-9-16(25-2)17(10-15)26-3/h4-10,12H,11H2,1-3H3,(H,21,23)(H,22,24). The largest absolute Gasteiger partial charge is 0.493 e. The van der Waals surface area contributed by atoms with Crippen molar-refractivity contribution < 1.29 is 19.1 Å². The number of carbonyl (C=O) groups is 2. The highest BCUT2D eigenvalue weighted by Crippen LogP contribution is 2.29. The highest BCUT2D eigenvalue weighted by molar-refractivity contribution is 8.01. The molecule has 0 heterocycles. The number of halogens is 1. The van der Waals surface area contributed by atoms with Crippen molar-refractivity contribution in [3.63, 3.8) is 0 Å². The second kappa shape index (κ2) is 10.1. The van der Waals surface area contributed by atoms with Crippen LogP contribution in [0.2, 0.25) is 5.02 Å². The van der Waals surface area contributed by atoms with Crippen LogP contribution in [0.25, 0.3) is 0 Å². The van der Waals surface area contributed by atoms with Crippen LogP contribution < -0.4 is 20.1 Å². The summed E-state index contributed by atoms with van der Waals surface area (Å²) in [5.74, 6) is 0.861. The number of rotatable bonds is 8. The summed E-state index contributed by atoms with van der Waals surface area (Å²) in [5, 5.41) is 5.77. The van der Waals surface area contributed by atoms with Crippen molar-refractivity contribution in [2.24, 2.45) is 0 Å². The summed E-state index contributed by atoms with van der Waals surface area (Å²) in [6.07, 6.45) is 0. The van der Waals surface area contributed by atoms with Gasteiger partial charge in [0.1, 0.15) is 0 Å². The van der Waals surface area contributed by atoms with Crippen molar-refractivity contribution in [1.29, 1.82) is 0 Å². The van der Waals surface area contributed by atoms with Gasteiger partial charge in [-0.3, -0.25) is 9.59 Å². The number of anilines is 2. The van der Waals surface area contributed by atoms with E-state index in [-0.39, 0.29) is 17.6 Å². The molecule has 2 aromatic rings. The molecule has 1 unspecified atom stereocenters. The van der Waals surface area contributed by atoms with Crippen LogP contribution in [0.1, 0.15) is 6.92 Å². The summed E-state index contributed by atoms with van der Waals surface area (Å²) in [6.45, 7) is 1.75. The minimum Gasteiger partial charge on any atom is -0.493 e. The lowest BCUT2D eigenvalue weighted by atomic mass is 10.2. The first kappa shape index (κ1) is 20.9. The van der Waals surface area contributed by atoms with Gasteiger partial charge in [0.2, 0.25) is 11.8 Å². The Morgan fingerprint density at radius 2 is 1.63 bits per heavy atom. The first-order chi connectivity index (χ1) is 12.9. The molecule has 2 rings (SSSR count). The molecule has 2 N–H and O–H groups in total. The minimum absolute atomic E-state index is 0.142. The van der Waals surface area contributed by atoms with Gasteiger partial charge in [0.25, 0.3) is 0 Å². The predicted octanol–water partition coefficient (Wildman–Crippen LogP) is 4.06. The fraction of sp³-hybridized carbons (Fsp3) is 0.263. The van der Waals surface area contributed by atoms with Crippen LogP contribution in [-0.2, 0) is 9.59 Å². The zero-order valence-electron chi connectivity index (χ0n) is 15.2. The average molecular weight is 409 g/mol. The van der Waals surface area contributed by atoms with Crippen molar-refractivity contribution in [3.8, 4) is 11.5 Å². The van der Waals surface area contributed by atoms with Gasteiger partial charge in [-0.15, -0.1) is 11.8 Å². The Hall–Kier alpha value is -2.38. The Balaban J connectivity index is 1.83. The van der Waals surface area contributed by atoms with Gasteiger partial charge >= 0.3 is 0 Å². The molecule has 8 heteroatoms. The van der Waals surface area contributed by atoms with E-state index in [1.165, 1.54) is 18.9 Å². The second-order valence-electron chi connectivity index (χ2n) is 5.57. The molecule has 1 atom stereocenters. The molecule has 0 aliphatic carbocycles. The molecule has 0 bridgehead atoms. The summed E-state index contributed by atoms with van der Waals surface area (Å²) >= 11 is 7.07. The van der Waals surface area contributed by atoms with Crippen LogP contribution in [0, 0.1) is 0 Å². The van der Waals surface area contributed by atoms with Crippen LogP contribution >= 0.6 is 23.4 Å². The molecule has 2 aromatic carbocycles. The quantitative estimate of drug-likeness (QED) is 0.688. The highest BCUT2D eigenvalue weighted by atomic mass is 35.5. The van der Waals surface area contributed by atoms with Gasteiger partial charge in [-0.2, -0.15) is 0 Å². The summed E-state index contributed by atoms with van der Waals surface area (Å²) < 4.78 is 10.4. The number of hydrogen-bond acceptors (Lipinski definition) is 5. The van der Waals surface area contributed by atoms with E-state index < -0.39 is 5.25 Å². The Labute approximate surface area is 167 Å².